The Morgan fingerprint density at radius 2 is 1.89 bits per heavy atom. The van der Waals surface area contributed by atoms with Crippen molar-refractivity contribution in [3.05, 3.63) is 99.2 Å². The summed E-state index contributed by atoms with van der Waals surface area (Å²) < 4.78 is 3.58. The average molecular weight is 508 g/mol. The van der Waals surface area contributed by atoms with Gasteiger partial charge >= 0.3 is 5.97 Å². The maximum Gasteiger partial charge on any atom is 0.328 e. The summed E-state index contributed by atoms with van der Waals surface area (Å²) in [6.07, 6.45) is 7.46. The van der Waals surface area contributed by atoms with Gasteiger partial charge in [-0.05, 0) is 54.9 Å². The summed E-state index contributed by atoms with van der Waals surface area (Å²) in [5.41, 5.74) is 5.90. The lowest BCUT2D eigenvalue weighted by atomic mass is 9.90. The molecule has 0 spiro atoms. The van der Waals surface area contributed by atoms with Crippen LogP contribution in [0.2, 0.25) is 0 Å². The Morgan fingerprint density at radius 3 is 2.58 bits per heavy atom. The van der Waals surface area contributed by atoms with Gasteiger partial charge in [0.2, 0.25) is 5.78 Å². The molecule has 0 bridgehead atoms. The second-order valence-corrected chi connectivity index (χ2v) is 9.73. The van der Waals surface area contributed by atoms with Crippen LogP contribution in [0.1, 0.15) is 67.5 Å². The zero-order valence-electron chi connectivity index (χ0n) is 21.3. The number of fused-ring (bicyclic) bond motifs is 1. The predicted molar refractivity (Wildman–Crippen MR) is 144 cm³/mol. The molecule has 2 aromatic heterocycles. The number of hydrogen-bond acceptors (Lipinski definition) is 5. The van der Waals surface area contributed by atoms with Crippen LogP contribution in [-0.2, 0) is 17.6 Å². The number of aromatic nitrogens is 4. The first kappa shape index (κ1) is 25.2. The molecule has 5 rings (SSSR count). The third-order valence-corrected chi connectivity index (χ3v) is 7.30. The molecule has 4 aromatic rings. The molecule has 8 heteroatoms. The molecular weight excluding hydrogens is 478 g/mol. The Bertz CT molecular complexity index is 1610. The highest BCUT2D eigenvalue weighted by Gasteiger charge is 2.26. The van der Waals surface area contributed by atoms with Gasteiger partial charge < -0.3 is 5.11 Å². The lowest BCUT2D eigenvalue weighted by molar-refractivity contribution is -0.131. The smallest absolute Gasteiger partial charge is 0.328 e. The molecule has 0 aliphatic heterocycles. The van der Waals surface area contributed by atoms with Gasteiger partial charge in [-0.1, -0.05) is 61.4 Å². The number of carbonyl (C=O) groups is 1. The number of rotatable bonds is 7. The van der Waals surface area contributed by atoms with Crippen LogP contribution in [0, 0.1) is 11.3 Å². The van der Waals surface area contributed by atoms with Gasteiger partial charge in [0.25, 0.3) is 5.56 Å². The summed E-state index contributed by atoms with van der Waals surface area (Å²) in [5.74, 6) is -0.384. The van der Waals surface area contributed by atoms with Crippen molar-refractivity contribution >= 4 is 11.7 Å². The quantitative estimate of drug-likeness (QED) is 0.348. The third kappa shape index (κ3) is 4.88. The van der Waals surface area contributed by atoms with Crippen LogP contribution in [0.3, 0.4) is 0 Å². The van der Waals surface area contributed by atoms with E-state index in [0.29, 0.717) is 55.4 Å². The Kier molecular flexibility index (Phi) is 7.18. The van der Waals surface area contributed by atoms with Crippen LogP contribution in [0.15, 0.2) is 71.3 Å². The summed E-state index contributed by atoms with van der Waals surface area (Å²) in [4.78, 5) is 29.6. The van der Waals surface area contributed by atoms with Gasteiger partial charge in [-0.15, -0.1) is 0 Å². The van der Waals surface area contributed by atoms with Gasteiger partial charge in [-0.2, -0.15) is 15.3 Å². The third-order valence-electron chi connectivity index (χ3n) is 7.30. The second-order valence-electron chi connectivity index (χ2n) is 9.73. The van der Waals surface area contributed by atoms with Crippen molar-refractivity contribution in [1.82, 2.24) is 19.2 Å². The van der Waals surface area contributed by atoms with E-state index in [1.54, 1.807) is 9.08 Å². The van der Waals surface area contributed by atoms with E-state index >= 15 is 0 Å². The average Bonchev–Trinajstić information content (AvgIpc) is 3.41. The fraction of sp³-hybridized carbons (Fsp3) is 0.300. The van der Waals surface area contributed by atoms with Crippen molar-refractivity contribution < 1.29 is 9.90 Å². The molecule has 0 radical (unpaired) electrons. The van der Waals surface area contributed by atoms with Crippen molar-refractivity contribution in [3.8, 4) is 17.2 Å². The molecule has 1 saturated carbocycles. The number of hydrogen-bond donors (Lipinski definition) is 1. The Morgan fingerprint density at radius 1 is 1.16 bits per heavy atom. The fourth-order valence-corrected chi connectivity index (χ4v) is 5.47. The highest BCUT2D eigenvalue weighted by Crippen LogP contribution is 2.32. The fourth-order valence-electron chi connectivity index (χ4n) is 5.47. The molecule has 1 aliphatic carbocycles. The Hall–Kier alpha value is -4.51. The minimum Gasteiger partial charge on any atom is -0.478 e. The van der Waals surface area contributed by atoms with E-state index in [2.05, 4.69) is 23.1 Å². The predicted octanol–water partition coefficient (Wildman–Crippen LogP) is 5.10. The number of carboxylic acid groups (broad SMARTS) is 1. The maximum absolute atomic E-state index is 14.0. The highest BCUT2D eigenvalue weighted by molar-refractivity contribution is 5.80. The molecular formula is C30H29N5O3. The summed E-state index contributed by atoms with van der Waals surface area (Å²) in [5, 5.41) is 23.1. The largest absolute Gasteiger partial charge is 0.478 e. The molecule has 1 N–H and O–H groups in total. The molecule has 0 amide bonds. The summed E-state index contributed by atoms with van der Waals surface area (Å²) in [6, 6.07) is 17.7. The van der Waals surface area contributed by atoms with Gasteiger partial charge in [-0.25, -0.2) is 9.31 Å². The van der Waals surface area contributed by atoms with E-state index in [-0.39, 0.29) is 11.6 Å². The first-order chi connectivity index (χ1) is 18.5. The molecule has 0 atom stereocenters. The van der Waals surface area contributed by atoms with E-state index in [0.717, 1.165) is 34.4 Å². The zero-order valence-corrected chi connectivity index (χ0v) is 21.3. The van der Waals surface area contributed by atoms with E-state index < -0.39 is 5.97 Å². The van der Waals surface area contributed by atoms with Gasteiger partial charge in [0.15, 0.2) is 0 Å². The molecule has 8 nitrogen and oxygen atoms in total. The standard InChI is InChI=1S/C30H29N5O3/c1-2-5-27-26(16-20-8-12-22(13-9-20)25-7-4-3-6-23(25)18-31)29(38)34(30-32-19-33-35(27)30)24-14-10-21(11-15-24)17-28(36)37/h3-4,6-9,12-13,17,19,24H,2,5,10-11,14-16H2,1H3,(H,36,37). The number of allylic oxidation sites excluding steroid dienone is 1. The Labute approximate surface area is 220 Å². The van der Waals surface area contributed by atoms with Gasteiger partial charge in [0.05, 0.1) is 17.3 Å². The monoisotopic (exact) mass is 507 g/mol. The summed E-state index contributed by atoms with van der Waals surface area (Å²) in [6.45, 7) is 2.08. The Balaban J connectivity index is 1.53. The topological polar surface area (TPSA) is 113 Å². The number of aryl methyl sites for hydroxylation is 1. The molecule has 2 heterocycles. The van der Waals surface area contributed by atoms with Gasteiger partial charge in [-0.3, -0.25) is 9.36 Å². The minimum atomic E-state index is -0.927. The van der Waals surface area contributed by atoms with E-state index in [1.807, 2.05) is 48.5 Å². The molecule has 1 fully saturated rings. The van der Waals surface area contributed by atoms with Crippen LogP contribution in [-0.4, -0.2) is 30.2 Å². The molecule has 0 unspecified atom stereocenters. The van der Waals surface area contributed by atoms with E-state index in [4.69, 9.17) is 5.11 Å². The second kappa shape index (κ2) is 10.9. The molecule has 192 valence electrons. The van der Waals surface area contributed by atoms with Crippen LogP contribution in [0.25, 0.3) is 16.9 Å². The molecule has 1 aliphatic rings. The highest BCUT2D eigenvalue weighted by atomic mass is 16.4. The van der Waals surface area contributed by atoms with E-state index in [1.165, 1.54) is 12.4 Å². The number of nitrogens with zero attached hydrogens (tertiary/aromatic N) is 5. The summed E-state index contributed by atoms with van der Waals surface area (Å²) in [7, 11) is 0. The SMILES string of the molecule is CCCc1c(Cc2ccc(-c3ccccc3C#N)cc2)c(=O)n(C2CCC(=CC(=O)O)CC2)c2ncnn12. The number of nitriles is 1. The normalized spacial score (nSPS) is 15.4. The molecule has 2 aromatic carbocycles. The molecule has 38 heavy (non-hydrogen) atoms. The minimum absolute atomic E-state index is 0.0523. The zero-order chi connectivity index (χ0) is 26.6. The first-order valence-corrected chi connectivity index (χ1v) is 13.0. The van der Waals surface area contributed by atoms with Crippen LogP contribution in [0.5, 0.6) is 0 Å². The van der Waals surface area contributed by atoms with Crippen LogP contribution in [0.4, 0.5) is 0 Å². The van der Waals surface area contributed by atoms with Crippen molar-refractivity contribution in [1.29, 1.82) is 5.26 Å². The number of benzene rings is 2. The summed E-state index contributed by atoms with van der Waals surface area (Å²) >= 11 is 0. The van der Waals surface area contributed by atoms with Crippen molar-refractivity contribution in [3.63, 3.8) is 0 Å². The number of aliphatic carboxylic acids is 1. The van der Waals surface area contributed by atoms with Crippen LogP contribution < -0.4 is 5.56 Å². The molecule has 0 saturated heterocycles. The van der Waals surface area contributed by atoms with Gasteiger partial charge in [0, 0.05) is 24.1 Å². The van der Waals surface area contributed by atoms with Crippen LogP contribution >= 0.6 is 0 Å². The van der Waals surface area contributed by atoms with Crippen molar-refractivity contribution in [2.45, 2.75) is 57.9 Å². The maximum atomic E-state index is 14.0. The lowest BCUT2D eigenvalue weighted by Crippen LogP contribution is -2.33. The lowest BCUT2D eigenvalue weighted by Gasteiger charge is -2.27. The van der Waals surface area contributed by atoms with Gasteiger partial charge in [0.1, 0.15) is 6.33 Å². The van der Waals surface area contributed by atoms with E-state index in [9.17, 15) is 14.9 Å². The van der Waals surface area contributed by atoms with Crippen molar-refractivity contribution in [2.24, 2.45) is 0 Å². The number of carboxylic acids is 1. The van der Waals surface area contributed by atoms with Crippen molar-refractivity contribution in [2.75, 3.05) is 0 Å². The first-order valence-electron chi connectivity index (χ1n) is 13.0.